The van der Waals surface area contributed by atoms with Gasteiger partial charge in [0.05, 0.1) is 17.6 Å². The molecule has 0 amide bonds. The van der Waals surface area contributed by atoms with E-state index >= 15 is 0 Å². The molecule has 0 bridgehead atoms. The molecule has 0 spiro atoms. The van der Waals surface area contributed by atoms with Crippen LogP contribution in [0.3, 0.4) is 0 Å². The van der Waals surface area contributed by atoms with Gasteiger partial charge in [-0.05, 0) is 49.7 Å². The first kappa shape index (κ1) is 21.3. The Morgan fingerprint density at radius 3 is 2.45 bits per heavy atom. The van der Waals surface area contributed by atoms with Crippen molar-refractivity contribution in [1.82, 2.24) is 9.55 Å². The second-order valence-corrected chi connectivity index (χ2v) is 9.08. The average molecular weight is 433 g/mol. The van der Waals surface area contributed by atoms with Crippen LogP contribution in [0.25, 0.3) is 16.7 Å². The number of nitrogens with zero attached hydrogens (tertiary/aromatic N) is 2. The normalized spacial score (nSPS) is 12.2. The molecule has 1 unspecified atom stereocenters. The number of aryl methyl sites for hydroxylation is 1. The van der Waals surface area contributed by atoms with Crippen LogP contribution in [0.15, 0.2) is 82.8 Å². The molecule has 0 fully saturated rings. The molecule has 0 radical (unpaired) electrons. The fourth-order valence-electron chi connectivity index (χ4n) is 3.56. The summed E-state index contributed by atoms with van der Waals surface area (Å²) in [4.78, 5) is 5.49. The van der Waals surface area contributed by atoms with Gasteiger partial charge >= 0.3 is 0 Å². The quantitative estimate of drug-likeness (QED) is 0.285. The Labute approximate surface area is 186 Å². The van der Waals surface area contributed by atoms with Crippen molar-refractivity contribution in [2.24, 2.45) is 0 Å². The Balaban J connectivity index is 1.75. The van der Waals surface area contributed by atoms with Crippen molar-refractivity contribution in [3.63, 3.8) is 0 Å². The van der Waals surface area contributed by atoms with Gasteiger partial charge in [0, 0.05) is 16.6 Å². The topological polar surface area (TPSA) is 44.1 Å². The number of hydrogen-bond acceptors (Lipinski definition) is 3. The largest absolute Gasteiger partial charge is 0.494 e. The molecule has 1 atom stereocenters. The van der Waals surface area contributed by atoms with E-state index in [0.717, 1.165) is 33.8 Å². The zero-order chi connectivity index (χ0) is 21.6. The number of hydrogen-bond donors (Lipinski definition) is 0. The predicted octanol–water partition coefficient (Wildman–Crippen LogP) is 6.46. The molecule has 31 heavy (non-hydrogen) atoms. The van der Waals surface area contributed by atoms with Crippen LogP contribution in [0.4, 0.5) is 0 Å². The molecule has 5 heteroatoms. The van der Waals surface area contributed by atoms with Crippen LogP contribution >= 0.6 is 0 Å². The van der Waals surface area contributed by atoms with Gasteiger partial charge in [0.2, 0.25) is 5.16 Å². The summed E-state index contributed by atoms with van der Waals surface area (Å²) in [6.07, 6.45) is 4.67. The summed E-state index contributed by atoms with van der Waals surface area (Å²) in [6.45, 7) is 4.97. The SMILES string of the molecule is CCCCCCOc1ccc2nc(S(=O)c3ccccc3)n(-c3ccc(C)cc3)c2c1. The third kappa shape index (κ3) is 4.88. The van der Waals surface area contributed by atoms with Gasteiger partial charge in [-0.15, -0.1) is 0 Å². The number of ether oxygens (including phenoxy) is 1. The molecule has 0 aliphatic carbocycles. The van der Waals surface area contributed by atoms with Gasteiger partial charge in [0.15, 0.2) is 0 Å². The smallest absolute Gasteiger partial charge is 0.209 e. The van der Waals surface area contributed by atoms with Crippen LogP contribution in [0, 0.1) is 6.92 Å². The monoisotopic (exact) mass is 432 g/mol. The van der Waals surface area contributed by atoms with Crippen LogP contribution in [0.5, 0.6) is 5.75 Å². The number of rotatable bonds is 9. The van der Waals surface area contributed by atoms with Crippen molar-refractivity contribution < 1.29 is 8.95 Å². The zero-order valence-corrected chi connectivity index (χ0v) is 18.9. The Kier molecular flexibility index (Phi) is 6.82. The number of benzene rings is 3. The first-order valence-corrected chi connectivity index (χ1v) is 12.0. The van der Waals surface area contributed by atoms with Crippen LogP contribution in [0.2, 0.25) is 0 Å². The van der Waals surface area contributed by atoms with Crippen molar-refractivity contribution in [3.05, 3.63) is 78.4 Å². The van der Waals surface area contributed by atoms with Crippen LogP contribution in [-0.2, 0) is 10.8 Å². The highest BCUT2D eigenvalue weighted by Crippen LogP contribution is 2.29. The second-order valence-electron chi connectivity index (χ2n) is 7.71. The van der Waals surface area contributed by atoms with E-state index in [0.29, 0.717) is 11.8 Å². The molecule has 160 valence electrons. The minimum absolute atomic E-state index is 0.519. The molecular formula is C26H28N2O2S. The summed E-state index contributed by atoms with van der Waals surface area (Å²) in [7, 11) is -1.40. The lowest BCUT2D eigenvalue weighted by Crippen LogP contribution is -2.04. The van der Waals surface area contributed by atoms with E-state index in [-0.39, 0.29) is 0 Å². The van der Waals surface area contributed by atoms with E-state index in [2.05, 4.69) is 26.0 Å². The Bertz CT molecular complexity index is 1170. The van der Waals surface area contributed by atoms with Gasteiger partial charge in [-0.25, -0.2) is 9.19 Å². The number of aromatic nitrogens is 2. The lowest BCUT2D eigenvalue weighted by molar-refractivity contribution is 0.305. The second kappa shape index (κ2) is 9.92. The number of imidazole rings is 1. The summed E-state index contributed by atoms with van der Waals surface area (Å²) in [5.74, 6) is 0.814. The molecule has 4 aromatic rings. The Morgan fingerprint density at radius 1 is 0.935 bits per heavy atom. The van der Waals surface area contributed by atoms with Crippen LogP contribution in [0.1, 0.15) is 38.2 Å². The van der Waals surface area contributed by atoms with E-state index in [1.807, 2.05) is 65.2 Å². The number of unbranched alkanes of at least 4 members (excludes halogenated alkanes) is 3. The Hall–Kier alpha value is -2.92. The van der Waals surface area contributed by atoms with Gasteiger partial charge < -0.3 is 4.74 Å². The lowest BCUT2D eigenvalue weighted by atomic mass is 10.2. The third-order valence-corrected chi connectivity index (χ3v) is 6.58. The molecule has 3 aromatic carbocycles. The maximum absolute atomic E-state index is 13.4. The fraction of sp³-hybridized carbons (Fsp3) is 0.269. The van der Waals surface area contributed by atoms with E-state index in [1.54, 1.807) is 0 Å². The molecule has 0 aliphatic heterocycles. The van der Waals surface area contributed by atoms with Crippen molar-refractivity contribution in [3.8, 4) is 11.4 Å². The van der Waals surface area contributed by atoms with Crippen molar-refractivity contribution in [1.29, 1.82) is 0 Å². The summed E-state index contributed by atoms with van der Waals surface area (Å²) < 4.78 is 21.4. The van der Waals surface area contributed by atoms with Gasteiger partial charge in [0.25, 0.3) is 0 Å². The zero-order valence-electron chi connectivity index (χ0n) is 18.1. The first-order valence-electron chi connectivity index (χ1n) is 10.9. The van der Waals surface area contributed by atoms with Gasteiger partial charge in [0.1, 0.15) is 16.5 Å². The molecule has 4 rings (SSSR count). The average Bonchev–Trinajstić information content (AvgIpc) is 3.18. The van der Waals surface area contributed by atoms with Gasteiger partial charge in [-0.2, -0.15) is 0 Å². The van der Waals surface area contributed by atoms with E-state index in [4.69, 9.17) is 9.72 Å². The van der Waals surface area contributed by atoms with Crippen LogP contribution in [-0.4, -0.2) is 20.4 Å². The highest BCUT2D eigenvalue weighted by atomic mass is 32.2. The molecule has 4 nitrogen and oxygen atoms in total. The third-order valence-electron chi connectivity index (χ3n) is 5.28. The predicted molar refractivity (Wildman–Crippen MR) is 127 cm³/mol. The molecule has 0 N–H and O–H groups in total. The van der Waals surface area contributed by atoms with E-state index < -0.39 is 10.8 Å². The van der Waals surface area contributed by atoms with E-state index in [1.165, 1.54) is 24.8 Å². The fourth-order valence-corrected chi connectivity index (χ4v) is 4.72. The standard InChI is InChI=1S/C26H28N2O2S/c1-3-4-5-9-18-30-22-16-17-24-25(19-22)28(21-14-12-20(2)13-15-21)26(27-24)31(29)23-10-7-6-8-11-23/h6-8,10-17,19H,3-5,9,18H2,1-2H3. The van der Waals surface area contributed by atoms with Gasteiger partial charge in [-0.1, -0.05) is 62.1 Å². The van der Waals surface area contributed by atoms with Crippen molar-refractivity contribution in [2.45, 2.75) is 49.6 Å². The maximum Gasteiger partial charge on any atom is 0.209 e. The van der Waals surface area contributed by atoms with E-state index in [9.17, 15) is 4.21 Å². The molecule has 0 saturated heterocycles. The molecule has 1 heterocycles. The lowest BCUT2D eigenvalue weighted by Gasteiger charge is -2.11. The minimum Gasteiger partial charge on any atom is -0.494 e. The van der Waals surface area contributed by atoms with Crippen molar-refractivity contribution >= 4 is 21.8 Å². The summed E-state index contributed by atoms with van der Waals surface area (Å²) >= 11 is 0. The molecular weight excluding hydrogens is 404 g/mol. The summed E-state index contributed by atoms with van der Waals surface area (Å²) in [5, 5.41) is 0.519. The number of fused-ring (bicyclic) bond motifs is 1. The molecule has 0 aliphatic rings. The molecule has 1 aromatic heterocycles. The molecule has 0 saturated carbocycles. The highest BCUT2D eigenvalue weighted by molar-refractivity contribution is 7.85. The maximum atomic E-state index is 13.4. The summed E-state index contributed by atoms with van der Waals surface area (Å²) in [5.41, 5.74) is 3.81. The van der Waals surface area contributed by atoms with Crippen molar-refractivity contribution in [2.75, 3.05) is 6.61 Å². The summed E-state index contributed by atoms with van der Waals surface area (Å²) in [6, 6.07) is 23.6. The van der Waals surface area contributed by atoms with Crippen LogP contribution < -0.4 is 4.74 Å². The highest BCUT2D eigenvalue weighted by Gasteiger charge is 2.20. The first-order chi connectivity index (χ1) is 15.2. The van der Waals surface area contributed by atoms with Gasteiger partial charge in [-0.3, -0.25) is 4.57 Å². The minimum atomic E-state index is -1.40. The Morgan fingerprint density at radius 2 is 1.71 bits per heavy atom.